The second kappa shape index (κ2) is 7.87. The minimum Gasteiger partial charge on any atom is -0.464 e. The van der Waals surface area contributed by atoms with Crippen LogP contribution in [0.15, 0.2) is 12.7 Å². The van der Waals surface area contributed by atoms with Gasteiger partial charge in [-0.1, -0.05) is 13.0 Å². The van der Waals surface area contributed by atoms with E-state index < -0.39 is 17.9 Å². The fraction of sp³-hybridized carbons (Fsp3) is 0.636. The van der Waals surface area contributed by atoms with E-state index in [0.29, 0.717) is 13.1 Å². The molecule has 0 radical (unpaired) electrons. The lowest BCUT2D eigenvalue weighted by Crippen LogP contribution is -2.49. The number of amides is 1. The van der Waals surface area contributed by atoms with Gasteiger partial charge in [0.25, 0.3) is 5.91 Å². The molecule has 0 aliphatic carbocycles. The highest BCUT2D eigenvalue weighted by Gasteiger charge is 2.27. The van der Waals surface area contributed by atoms with Gasteiger partial charge in [0.2, 0.25) is 0 Å². The van der Waals surface area contributed by atoms with Crippen LogP contribution in [0.1, 0.15) is 20.3 Å². The van der Waals surface area contributed by atoms with Crippen LogP contribution in [0.5, 0.6) is 0 Å². The van der Waals surface area contributed by atoms with Crippen LogP contribution in [0, 0.1) is 0 Å². The smallest absolute Gasteiger partial charge is 0.332 e. The molecule has 5 heteroatoms. The Bertz CT molecular complexity index is 254. The Balaban J connectivity index is 4.46. The molecule has 0 bridgehead atoms. The SMILES string of the molecule is C=CCN(CCC)C(=O)C(N)C(=O)OCC. The number of hydrogen-bond donors (Lipinski definition) is 1. The van der Waals surface area contributed by atoms with Crippen molar-refractivity contribution >= 4 is 11.9 Å². The maximum absolute atomic E-state index is 11.8. The highest BCUT2D eigenvalue weighted by molar-refractivity contribution is 6.01. The summed E-state index contributed by atoms with van der Waals surface area (Å²) in [6.45, 7) is 8.33. The van der Waals surface area contributed by atoms with E-state index in [1.54, 1.807) is 13.0 Å². The third-order valence-electron chi connectivity index (χ3n) is 1.96. The highest BCUT2D eigenvalue weighted by Crippen LogP contribution is 1.98. The number of nitrogens with two attached hydrogens (primary N) is 1. The number of nitrogens with zero attached hydrogens (tertiary/aromatic N) is 1. The molecule has 0 saturated heterocycles. The summed E-state index contributed by atoms with van der Waals surface area (Å²) in [6, 6.07) is -1.23. The van der Waals surface area contributed by atoms with Gasteiger partial charge >= 0.3 is 5.97 Å². The molecule has 92 valence electrons. The molecule has 0 rings (SSSR count). The number of ether oxygens (including phenoxy) is 1. The molecule has 0 spiro atoms. The fourth-order valence-corrected chi connectivity index (χ4v) is 1.25. The first-order valence-electron chi connectivity index (χ1n) is 5.40. The van der Waals surface area contributed by atoms with E-state index in [9.17, 15) is 9.59 Å². The minimum atomic E-state index is -1.23. The van der Waals surface area contributed by atoms with Gasteiger partial charge in [0.1, 0.15) is 0 Å². The molecule has 0 fully saturated rings. The zero-order chi connectivity index (χ0) is 12.6. The summed E-state index contributed by atoms with van der Waals surface area (Å²) in [5.74, 6) is -1.10. The second-order valence-electron chi connectivity index (χ2n) is 3.30. The molecule has 0 aromatic carbocycles. The quantitative estimate of drug-likeness (QED) is 0.386. The Morgan fingerprint density at radius 2 is 2.12 bits per heavy atom. The molecule has 0 saturated carbocycles. The van der Waals surface area contributed by atoms with Gasteiger partial charge in [0, 0.05) is 13.1 Å². The Hall–Kier alpha value is -1.36. The van der Waals surface area contributed by atoms with E-state index in [0.717, 1.165) is 6.42 Å². The lowest BCUT2D eigenvalue weighted by Gasteiger charge is -2.22. The van der Waals surface area contributed by atoms with Crippen molar-refractivity contribution in [1.82, 2.24) is 4.90 Å². The molecule has 0 heterocycles. The van der Waals surface area contributed by atoms with Gasteiger partial charge in [-0.05, 0) is 13.3 Å². The predicted octanol–water partition coefficient (Wildman–Crippen LogP) is 0.301. The molecule has 1 amide bonds. The summed E-state index contributed by atoms with van der Waals surface area (Å²) in [6.07, 6.45) is 2.40. The minimum absolute atomic E-state index is 0.217. The normalized spacial score (nSPS) is 11.7. The first-order chi connectivity index (χ1) is 7.58. The summed E-state index contributed by atoms with van der Waals surface area (Å²) in [5.41, 5.74) is 5.51. The van der Waals surface area contributed by atoms with Crippen LogP contribution in [0.3, 0.4) is 0 Å². The molecule has 5 nitrogen and oxygen atoms in total. The average Bonchev–Trinajstić information content (AvgIpc) is 2.27. The van der Waals surface area contributed by atoms with E-state index in [1.807, 2.05) is 6.92 Å². The number of carbonyl (C=O) groups is 2. The predicted molar refractivity (Wildman–Crippen MR) is 61.7 cm³/mol. The monoisotopic (exact) mass is 228 g/mol. The first-order valence-corrected chi connectivity index (χ1v) is 5.40. The molecular weight excluding hydrogens is 208 g/mol. The van der Waals surface area contributed by atoms with Crippen molar-refractivity contribution in [3.63, 3.8) is 0 Å². The van der Waals surface area contributed by atoms with Crippen LogP contribution in [0.2, 0.25) is 0 Å². The topological polar surface area (TPSA) is 72.6 Å². The van der Waals surface area contributed by atoms with Gasteiger partial charge in [-0.3, -0.25) is 4.79 Å². The Morgan fingerprint density at radius 1 is 1.50 bits per heavy atom. The second-order valence-corrected chi connectivity index (χ2v) is 3.30. The number of hydrogen-bond acceptors (Lipinski definition) is 4. The molecule has 0 aromatic heterocycles. The first kappa shape index (κ1) is 14.6. The van der Waals surface area contributed by atoms with E-state index in [4.69, 9.17) is 10.5 Å². The Morgan fingerprint density at radius 3 is 2.56 bits per heavy atom. The van der Waals surface area contributed by atoms with Crippen LogP contribution in [-0.2, 0) is 14.3 Å². The van der Waals surface area contributed by atoms with Gasteiger partial charge in [-0.15, -0.1) is 6.58 Å². The van der Waals surface area contributed by atoms with Gasteiger partial charge in [0.05, 0.1) is 6.61 Å². The molecular formula is C11H20N2O3. The van der Waals surface area contributed by atoms with Gasteiger partial charge in [-0.25, -0.2) is 4.79 Å². The largest absolute Gasteiger partial charge is 0.464 e. The van der Waals surface area contributed by atoms with Crippen molar-refractivity contribution < 1.29 is 14.3 Å². The molecule has 0 aromatic rings. The zero-order valence-corrected chi connectivity index (χ0v) is 9.94. The number of carbonyl (C=O) groups excluding carboxylic acids is 2. The van der Waals surface area contributed by atoms with Crippen molar-refractivity contribution in [1.29, 1.82) is 0 Å². The molecule has 0 aliphatic heterocycles. The van der Waals surface area contributed by atoms with Crippen LogP contribution in [0.4, 0.5) is 0 Å². The van der Waals surface area contributed by atoms with E-state index in [2.05, 4.69) is 6.58 Å². The zero-order valence-electron chi connectivity index (χ0n) is 9.94. The van der Waals surface area contributed by atoms with Gasteiger partial charge < -0.3 is 15.4 Å². The number of rotatable bonds is 7. The molecule has 16 heavy (non-hydrogen) atoms. The van der Waals surface area contributed by atoms with Crippen molar-refractivity contribution in [3.05, 3.63) is 12.7 Å². The summed E-state index contributed by atoms with van der Waals surface area (Å²) >= 11 is 0. The van der Waals surface area contributed by atoms with E-state index >= 15 is 0 Å². The third kappa shape index (κ3) is 4.44. The van der Waals surface area contributed by atoms with Crippen molar-refractivity contribution in [3.8, 4) is 0 Å². The molecule has 1 unspecified atom stereocenters. The lowest BCUT2D eigenvalue weighted by atomic mass is 10.2. The van der Waals surface area contributed by atoms with E-state index in [-0.39, 0.29) is 6.61 Å². The van der Waals surface area contributed by atoms with Crippen LogP contribution in [-0.4, -0.2) is 42.5 Å². The van der Waals surface area contributed by atoms with Crippen LogP contribution in [0.25, 0.3) is 0 Å². The van der Waals surface area contributed by atoms with Crippen LogP contribution < -0.4 is 5.73 Å². The molecule has 0 aliphatic rings. The summed E-state index contributed by atoms with van der Waals surface area (Å²) in [7, 11) is 0. The Labute approximate surface area is 96.2 Å². The molecule has 2 N–H and O–H groups in total. The summed E-state index contributed by atoms with van der Waals surface area (Å²) < 4.78 is 4.69. The fourth-order valence-electron chi connectivity index (χ4n) is 1.25. The summed E-state index contributed by atoms with van der Waals surface area (Å²) in [4.78, 5) is 24.6. The number of esters is 1. The van der Waals surface area contributed by atoms with Crippen molar-refractivity contribution in [2.24, 2.45) is 5.73 Å². The maximum atomic E-state index is 11.8. The third-order valence-corrected chi connectivity index (χ3v) is 1.96. The Kier molecular flexibility index (Phi) is 7.20. The van der Waals surface area contributed by atoms with Gasteiger partial charge in [-0.2, -0.15) is 0 Å². The average molecular weight is 228 g/mol. The van der Waals surface area contributed by atoms with Crippen molar-refractivity contribution in [2.75, 3.05) is 19.7 Å². The standard InChI is InChI=1S/C11H20N2O3/c1-4-7-13(8-5-2)10(14)9(12)11(15)16-6-3/h4,9H,1,5-8,12H2,2-3H3. The van der Waals surface area contributed by atoms with E-state index in [1.165, 1.54) is 4.90 Å². The molecule has 1 atom stereocenters. The summed E-state index contributed by atoms with van der Waals surface area (Å²) in [5, 5.41) is 0. The van der Waals surface area contributed by atoms with Crippen molar-refractivity contribution in [2.45, 2.75) is 26.3 Å². The lowest BCUT2D eigenvalue weighted by molar-refractivity contribution is -0.150. The highest BCUT2D eigenvalue weighted by atomic mass is 16.5. The van der Waals surface area contributed by atoms with Crippen LogP contribution >= 0.6 is 0 Å². The van der Waals surface area contributed by atoms with Gasteiger partial charge in [0.15, 0.2) is 6.04 Å². The maximum Gasteiger partial charge on any atom is 0.332 e.